The van der Waals surface area contributed by atoms with Crippen LogP contribution in [0.1, 0.15) is 43.4 Å². The fourth-order valence-corrected chi connectivity index (χ4v) is 3.98. The third-order valence-corrected chi connectivity index (χ3v) is 6.08. The summed E-state index contributed by atoms with van der Waals surface area (Å²) in [6.45, 7) is 6.92. The first-order chi connectivity index (χ1) is 17.8. The predicted octanol–water partition coefficient (Wildman–Crippen LogP) is 5.71. The molecule has 0 unspecified atom stereocenters. The first-order valence-electron chi connectivity index (χ1n) is 12.9. The summed E-state index contributed by atoms with van der Waals surface area (Å²) in [6.07, 6.45) is 1.00. The first-order valence-corrected chi connectivity index (χ1v) is 12.9. The van der Waals surface area contributed by atoms with E-state index >= 15 is 0 Å². The average Bonchev–Trinajstić information content (AvgIpc) is 2.89. The molecular formula is C31H37FN2O3. The van der Waals surface area contributed by atoms with Gasteiger partial charge in [0.05, 0.1) is 6.61 Å². The number of carbonyl (C=O) groups is 2. The highest BCUT2D eigenvalue weighted by atomic mass is 19.1. The summed E-state index contributed by atoms with van der Waals surface area (Å²) < 4.78 is 20.4. The maximum atomic E-state index is 14.6. The van der Waals surface area contributed by atoms with Crippen molar-refractivity contribution >= 4 is 11.8 Å². The molecule has 3 aromatic carbocycles. The minimum atomic E-state index is -0.772. The van der Waals surface area contributed by atoms with Gasteiger partial charge in [-0.1, -0.05) is 80.1 Å². The SMILES string of the molecule is Cc1ccc(OCCCC(=O)N(Cc2ccccc2F)[C@H](Cc2ccccc2)C(=O)NCC(C)C)cc1. The maximum Gasteiger partial charge on any atom is 0.243 e. The Morgan fingerprint density at radius 1 is 0.946 bits per heavy atom. The number of nitrogens with one attached hydrogen (secondary N) is 1. The van der Waals surface area contributed by atoms with Gasteiger partial charge in [0.25, 0.3) is 0 Å². The van der Waals surface area contributed by atoms with E-state index in [0.717, 1.165) is 16.9 Å². The maximum absolute atomic E-state index is 14.6. The van der Waals surface area contributed by atoms with Gasteiger partial charge in [-0.05, 0) is 43.0 Å². The van der Waals surface area contributed by atoms with Crippen molar-refractivity contribution < 1.29 is 18.7 Å². The van der Waals surface area contributed by atoms with Crippen LogP contribution in [0.2, 0.25) is 0 Å². The summed E-state index contributed by atoms with van der Waals surface area (Å²) in [6, 6.07) is 22.9. The van der Waals surface area contributed by atoms with Crippen LogP contribution in [0, 0.1) is 18.7 Å². The van der Waals surface area contributed by atoms with Gasteiger partial charge in [0.1, 0.15) is 17.6 Å². The molecule has 0 aromatic heterocycles. The highest BCUT2D eigenvalue weighted by molar-refractivity contribution is 5.88. The van der Waals surface area contributed by atoms with Crippen molar-refractivity contribution in [2.45, 2.75) is 52.6 Å². The number of ether oxygens (including phenoxy) is 1. The van der Waals surface area contributed by atoms with E-state index in [2.05, 4.69) is 5.32 Å². The Morgan fingerprint density at radius 2 is 1.62 bits per heavy atom. The van der Waals surface area contributed by atoms with Crippen LogP contribution >= 0.6 is 0 Å². The van der Waals surface area contributed by atoms with Crippen LogP contribution in [-0.4, -0.2) is 35.9 Å². The standard InChI is InChI=1S/C31H37FN2O3/c1-23(2)21-33-31(36)29(20-25-10-5-4-6-11-25)34(22-26-12-7-8-13-28(26)32)30(35)14-9-19-37-27-17-15-24(3)16-18-27/h4-8,10-13,15-18,23,29H,9,14,19-22H2,1-3H3,(H,33,36)/t29-/m1/s1. The minimum Gasteiger partial charge on any atom is -0.494 e. The summed E-state index contributed by atoms with van der Waals surface area (Å²) >= 11 is 0. The Hall–Kier alpha value is -3.67. The number of carbonyl (C=O) groups excluding carboxylic acids is 2. The Balaban J connectivity index is 1.79. The number of aryl methyl sites for hydroxylation is 1. The van der Waals surface area contributed by atoms with E-state index in [9.17, 15) is 14.0 Å². The van der Waals surface area contributed by atoms with Gasteiger partial charge >= 0.3 is 0 Å². The Labute approximate surface area is 219 Å². The quantitative estimate of drug-likeness (QED) is 0.304. The van der Waals surface area contributed by atoms with Gasteiger partial charge in [-0.3, -0.25) is 9.59 Å². The molecule has 37 heavy (non-hydrogen) atoms. The molecule has 0 spiro atoms. The fraction of sp³-hybridized carbons (Fsp3) is 0.355. The lowest BCUT2D eigenvalue weighted by Gasteiger charge is -2.32. The Bertz CT molecular complexity index is 1130. The summed E-state index contributed by atoms with van der Waals surface area (Å²) in [7, 11) is 0. The molecule has 3 rings (SSSR count). The van der Waals surface area contributed by atoms with Crippen molar-refractivity contribution in [2.75, 3.05) is 13.2 Å². The lowest BCUT2D eigenvalue weighted by atomic mass is 10.0. The molecule has 0 fully saturated rings. The molecule has 0 saturated carbocycles. The van der Waals surface area contributed by atoms with Gasteiger partial charge in [0.2, 0.25) is 11.8 Å². The first kappa shape index (κ1) is 27.9. The summed E-state index contributed by atoms with van der Waals surface area (Å²) in [5.41, 5.74) is 2.45. The van der Waals surface area contributed by atoms with E-state index in [-0.39, 0.29) is 30.7 Å². The van der Waals surface area contributed by atoms with Gasteiger partial charge < -0.3 is 15.0 Å². The van der Waals surface area contributed by atoms with Crippen molar-refractivity contribution in [3.05, 3.63) is 101 Å². The van der Waals surface area contributed by atoms with Crippen LogP contribution in [0.3, 0.4) is 0 Å². The molecule has 196 valence electrons. The summed E-state index contributed by atoms with van der Waals surface area (Å²) in [5.74, 6) is 0.158. The van der Waals surface area contributed by atoms with E-state index in [4.69, 9.17) is 4.74 Å². The zero-order valence-electron chi connectivity index (χ0n) is 22.0. The van der Waals surface area contributed by atoms with Crippen molar-refractivity contribution in [1.82, 2.24) is 10.2 Å². The smallest absolute Gasteiger partial charge is 0.243 e. The van der Waals surface area contributed by atoms with Crippen LogP contribution in [0.15, 0.2) is 78.9 Å². The second-order valence-electron chi connectivity index (χ2n) is 9.72. The minimum absolute atomic E-state index is 0.0108. The molecule has 6 heteroatoms. The molecule has 5 nitrogen and oxygen atoms in total. The average molecular weight is 505 g/mol. The Morgan fingerprint density at radius 3 is 2.30 bits per heavy atom. The second-order valence-corrected chi connectivity index (χ2v) is 9.72. The highest BCUT2D eigenvalue weighted by Crippen LogP contribution is 2.19. The number of rotatable bonds is 13. The monoisotopic (exact) mass is 504 g/mol. The molecule has 0 aliphatic heterocycles. The molecule has 1 N–H and O–H groups in total. The van der Waals surface area contributed by atoms with Crippen LogP contribution in [0.4, 0.5) is 4.39 Å². The molecule has 1 atom stereocenters. The fourth-order valence-electron chi connectivity index (χ4n) is 3.98. The number of hydrogen-bond donors (Lipinski definition) is 1. The van der Waals surface area contributed by atoms with Crippen LogP contribution in [0.5, 0.6) is 5.75 Å². The third kappa shape index (κ3) is 9.05. The molecule has 0 heterocycles. The molecule has 3 aromatic rings. The van der Waals surface area contributed by atoms with Crippen molar-refractivity contribution in [1.29, 1.82) is 0 Å². The number of nitrogens with zero attached hydrogens (tertiary/aromatic N) is 1. The van der Waals surface area contributed by atoms with Gasteiger partial charge in [0, 0.05) is 31.5 Å². The van der Waals surface area contributed by atoms with Gasteiger partial charge in [-0.25, -0.2) is 4.39 Å². The molecule has 2 amide bonds. The van der Waals surface area contributed by atoms with E-state index < -0.39 is 11.9 Å². The van der Waals surface area contributed by atoms with Crippen LogP contribution in [-0.2, 0) is 22.6 Å². The predicted molar refractivity (Wildman–Crippen MR) is 145 cm³/mol. The van der Waals surface area contributed by atoms with E-state index in [0.29, 0.717) is 31.6 Å². The number of amides is 2. The molecule has 0 bridgehead atoms. The molecule has 0 aliphatic rings. The zero-order chi connectivity index (χ0) is 26.6. The topological polar surface area (TPSA) is 58.6 Å². The molecule has 0 radical (unpaired) electrons. The highest BCUT2D eigenvalue weighted by Gasteiger charge is 2.30. The lowest BCUT2D eigenvalue weighted by Crippen LogP contribution is -2.51. The van der Waals surface area contributed by atoms with Crippen molar-refractivity contribution in [2.24, 2.45) is 5.92 Å². The number of hydrogen-bond acceptors (Lipinski definition) is 3. The molecule has 0 aliphatic carbocycles. The number of halogens is 1. The van der Waals surface area contributed by atoms with Gasteiger partial charge in [-0.15, -0.1) is 0 Å². The van der Waals surface area contributed by atoms with Gasteiger partial charge in [-0.2, -0.15) is 0 Å². The summed E-state index contributed by atoms with van der Waals surface area (Å²) in [5, 5.41) is 2.98. The van der Waals surface area contributed by atoms with Crippen LogP contribution in [0.25, 0.3) is 0 Å². The third-order valence-electron chi connectivity index (χ3n) is 6.08. The zero-order valence-corrected chi connectivity index (χ0v) is 22.0. The normalized spacial score (nSPS) is 11.7. The second kappa shape index (κ2) is 14.2. The van der Waals surface area contributed by atoms with Gasteiger partial charge in [0.15, 0.2) is 0 Å². The molecular weight excluding hydrogens is 467 g/mol. The molecule has 0 saturated heterocycles. The van der Waals surface area contributed by atoms with Crippen molar-refractivity contribution in [3.8, 4) is 5.75 Å². The number of benzene rings is 3. The summed E-state index contributed by atoms with van der Waals surface area (Å²) in [4.78, 5) is 28.5. The van der Waals surface area contributed by atoms with E-state index in [1.54, 1.807) is 18.2 Å². The Kier molecular flexibility index (Phi) is 10.7. The van der Waals surface area contributed by atoms with Crippen LogP contribution < -0.4 is 10.1 Å². The largest absolute Gasteiger partial charge is 0.494 e. The van der Waals surface area contributed by atoms with E-state index in [1.807, 2.05) is 75.4 Å². The van der Waals surface area contributed by atoms with E-state index in [1.165, 1.54) is 11.0 Å². The lowest BCUT2D eigenvalue weighted by molar-refractivity contribution is -0.141. The van der Waals surface area contributed by atoms with Crippen molar-refractivity contribution in [3.63, 3.8) is 0 Å².